The van der Waals surface area contributed by atoms with Crippen molar-refractivity contribution in [3.8, 4) is 22.2 Å². The van der Waals surface area contributed by atoms with E-state index in [0.29, 0.717) is 22.1 Å². The Morgan fingerprint density at radius 1 is 1.31 bits per heavy atom. The van der Waals surface area contributed by atoms with E-state index >= 15 is 0 Å². The molecule has 2 atom stereocenters. The van der Waals surface area contributed by atoms with E-state index in [4.69, 9.17) is 16.3 Å². The number of rotatable bonds is 8. The first-order chi connectivity index (χ1) is 16.6. The Morgan fingerprint density at radius 2 is 2.11 bits per heavy atom. The Kier molecular flexibility index (Phi) is 7.73. The van der Waals surface area contributed by atoms with Gasteiger partial charge in [-0.05, 0) is 31.2 Å². The van der Waals surface area contributed by atoms with Crippen molar-refractivity contribution in [3.63, 3.8) is 0 Å². The molecule has 0 aliphatic carbocycles. The number of hydrogen-bond acceptors (Lipinski definition) is 8. The highest BCUT2D eigenvalue weighted by atomic mass is 35.5. The van der Waals surface area contributed by atoms with Gasteiger partial charge in [-0.3, -0.25) is 0 Å². The van der Waals surface area contributed by atoms with Crippen LogP contribution in [-0.4, -0.2) is 50.0 Å². The second kappa shape index (κ2) is 10.6. The maximum Gasteiger partial charge on any atom is 0.330 e. The van der Waals surface area contributed by atoms with E-state index in [9.17, 15) is 21.8 Å². The molecular formula is C20H19ClF4N6O2S2. The van der Waals surface area contributed by atoms with E-state index in [-0.39, 0.29) is 41.3 Å². The largest absolute Gasteiger partial charge is 0.436 e. The SMILES string of the molecule is Cc1nc(Oc2ccc(NS(=O)C(F)F)cc2Cl)c(-c2ccnc(NC3CNCC(F)(F)C3)n2)s1. The lowest BCUT2D eigenvalue weighted by Gasteiger charge is -2.30. The van der Waals surface area contributed by atoms with Gasteiger partial charge in [0.2, 0.25) is 11.8 Å². The summed E-state index contributed by atoms with van der Waals surface area (Å²) < 4.78 is 71.7. The second-order valence-electron chi connectivity index (χ2n) is 7.57. The first-order valence-electron chi connectivity index (χ1n) is 10.2. The minimum atomic E-state index is -3.05. The predicted molar refractivity (Wildman–Crippen MR) is 127 cm³/mol. The van der Waals surface area contributed by atoms with Gasteiger partial charge in [-0.2, -0.15) is 8.78 Å². The van der Waals surface area contributed by atoms with Gasteiger partial charge in [0.15, 0.2) is 11.0 Å². The molecule has 188 valence electrons. The summed E-state index contributed by atoms with van der Waals surface area (Å²) in [5.74, 6) is -5.30. The number of aromatic nitrogens is 3. The van der Waals surface area contributed by atoms with Gasteiger partial charge in [0, 0.05) is 30.9 Å². The van der Waals surface area contributed by atoms with E-state index in [0.717, 1.165) is 0 Å². The molecule has 1 fully saturated rings. The smallest absolute Gasteiger partial charge is 0.330 e. The molecule has 2 unspecified atom stereocenters. The molecule has 4 rings (SSSR count). The molecule has 1 aliphatic rings. The standard InChI is InChI=1S/C20H19ClF4N6O2S2/c1-10-28-17(33-15-3-2-11(6-13(15)21)31-35(32)18(22)23)16(34-10)14-4-5-27-19(30-14)29-12-7-20(24,25)9-26-8-12/h2-6,12,18,26,31H,7-9H2,1H3,(H,27,29,30). The molecule has 3 aromatic rings. The summed E-state index contributed by atoms with van der Waals surface area (Å²) in [6, 6.07) is 5.21. The summed E-state index contributed by atoms with van der Waals surface area (Å²) in [5.41, 5.74) is 0.588. The number of halogens is 5. The molecule has 0 radical (unpaired) electrons. The van der Waals surface area contributed by atoms with Gasteiger partial charge in [0.1, 0.15) is 10.6 Å². The number of nitrogens with zero attached hydrogens (tertiary/aromatic N) is 3. The second-order valence-corrected chi connectivity index (χ2v) is 10.3. The van der Waals surface area contributed by atoms with E-state index in [2.05, 4.69) is 30.3 Å². The fourth-order valence-corrected chi connectivity index (χ4v) is 4.81. The minimum absolute atomic E-state index is 0.0774. The molecule has 0 saturated carbocycles. The van der Waals surface area contributed by atoms with Gasteiger partial charge in [0.05, 0.1) is 22.3 Å². The zero-order chi connectivity index (χ0) is 25.2. The van der Waals surface area contributed by atoms with Gasteiger partial charge in [-0.25, -0.2) is 27.9 Å². The molecule has 3 heterocycles. The van der Waals surface area contributed by atoms with E-state index in [1.807, 2.05) is 0 Å². The fraction of sp³-hybridized carbons (Fsp3) is 0.350. The normalized spacial score (nSPS) is 18.3. The van der Waals surface area contributed by atoms with Crippen molar-refractivity contribution in [2.45, 2.75) is 31.1 Å². The maximum atomic E-state index is 13.7. The monoisotopic (exact) mass is 550 g/mol. The molecule has 1 saturated heterocycles. The van der Waals surface area contributed by atoms with Crippen LogP contribution in [0.25, 0.3) is 10.6 Å². The van der Waals surface area contributed by atoms with Crippen LogP contribution in [0.1, 0.15) is 11.4 Å². The molecule has 0 spiro atoms. The summed E-state index contributed by atoms with van der Waals surface area (Å²) in [5, 5.41) is 6.37. The number of ether oxygens (including phenoxy) is 1. The number of benzene rings is 1. The fourth-order valence-electron chi connectivity index (χ4n) is 3.32. The third-order valence-electron chi connectivity index (χ3n) is 4.76. The van der Waals surface area contributed by atoms with Crippen molar-refractivity contribution in [3.05, 3.63) is 40.5 Å². The number of aryl methyl sites for hydroxylation is 1. The summed E-state index contributed by atoms with van der Waals surface area (Å²) in [6.45, 7) is 1.76. The van der Waals surface area contributed by atoms with E-state index < -0.39 is 28.7 Å². The number of anilines is 2. The quantitative estimate of drug-likeness (QED) is 0.337. The minimum Gasteiger partial charge on any atom is -0.436 e. The van der Waals surface area contributed by atoms with Crippen molar-refractivity contribution in [2.75, 3.05) is 23.1 Å². The highest BCUT2D eigenvalue weighted by Crippen LogP contribution is 2.39. The van der Waals surface area contributed by atoms with Crippen LogP contribution in [0.4, 0.5) is 29.2 Å². The van der Waals surface area contributed by atoms with Gasteiger partial charge in [0.25, 0.3) is 5.92 Å². The molecule has 2 aromatic heterocycles. The first-order valence-corrected chi connectivity index (χ1v) is 12.6. The van der Waals surface area contributed by atoms with Gasteiger partial charge in [-0.1, -0.05) is 11.6 Å². The number of alkyl halides is 4. The maximum absolute atomic E-state index is 13.7. The van der Waals surface area contributed by atoms with Crippen molar-refractivity contribution in [1.29, 1.82) is 0 Å². The zero-order valence-corrected chi connectivity index (χ0v) is 20.4. The molecule has 0 amide bonds. The third-order valence-corrected chi connectivity index (χ3v) is 6.79. The van der Waals surface area contributed by atoms with Gasteiger partial charge < -0.3 is 20.1 Å². The van der Waals surface area contributed by atoms with Crippen molar-refractivity contribution >= 4 is 45.6 Å². The third kappa shape index (κ3) is 6.57. The van der Waals surface area contributed by atoms with Gasteiger partial charge in [-0.15, -0.1) is 11.3 Å². The first kappa shape index (κ1) is 25.5. The number of thiazole rings is 1. The highest BCUT2D eigenvalue weighted by Gasteiger charge is 2.36. The Balaban J connectivity index is 1.53. The lowest BCUT2D eigenvalue weighted by Crippen LogP contribution is -2.49. The molecule has 0 bridgehead atoms. The van der Waals surface area contributed by atoms with Crippen LogP contribution in [0, 0.1) is 6.92 Å². The van der Waals surface area contributed by atoms with Crippen LogP contribution >= 0.6 is 22.9 Å². The lowest BCUT2D eigenvalue weighted by atomic mass is 10.0. The van der Waals surface area contributed by atoms with Crippen molar-refractivity contribution in [1.82, 2.24) is 20.3 Å². The molecular weight excluding hydrogens is 532 g/mol. The number of piperidine rings is 1. The Bertz CT molecular complexity index is 1230. The summed E-state index contributed by atoms with van der Waals surface area (Å²) in [7, 11) is -2.57. The Morgan fingerprint density at radius 3 is 2.83 bits per heavy atom. The predicted octanol–water partition coefficient (Wildman–Crippen LogP) is 5.06. The molecule has 8 nitrogen and oxygen atoms in total. The van der Waals surface area contributed by atoms with Crippen LogP contribution in [-0.2, 0) is 11.0 Å². The van der Waals surface area contributed by atoms with E-state index in [1.165, 1.54) is 35.7 Å². The van der Waals surface area contributed by atoms with Crippen LogP contribution in [0.5, 0.6) is 11.6 Å². The van der Waals surface area contributed by atoms with Crippen molar-refractivity contribution in [2.24, 2.45) is 0 Å². The number of hydrogen-bond donors (Lipinski definition) is 3. The van der Waals surface area contributed by atoms with Crippen LogP contribution in [0.15, 0.2) is 30.5 Å². The van der Waals surface area contributed by atoms with Crippen LogP contribution < -0.4 is 20.1 Å². The highest BCUT2D eigenvalue weighted by molar-refractivity contribution is 7.86. The molecule has 15 heteroatoms. The Hall–Kier alpha value is -2.55. The topological polar surface area (TPSA) is 101 Å². The van der Waals surface area contributed by atoms with Gasteiger partial charge >= 0.3 is 5.76 Å². The lowest BCUT2D eigenvalue weighted by molar-refractivity contribution is -0.0244. The number of nitrogens with one attached hydrogen (secondary N) is 3. The zero-order valence-electron chi connectivity index (χ0n) is 18.0. The van der Waals surface area contributed by atoms with Crippen LogP contribution in [0.3, 0.4) is 0 Å². The summed E-state index contributed by atoms with van der Waals surface area (Å²) >= 11 is 7.52. The van der Waals surface area contributed by atoms with E-state index in [1.54, 1.807) is 13.0 Å². The molecule has 1 aliphatic heterocycles. The molecule has 35 heavy (non-hydrogen) atoms. The molecule has 3 N–H and O–H groups in total. The summed E-state index contributed by atoms with van der Waals surface area (Å²) in [4.78, 5) is 13.5. The average molecular weight is 551 g/mol. The Labute approximate surface area is 209 Å². The van der Waals surface area contributed by atoms with Crippen LogP contribution in [0.2, 0.25) is 5.02 Å². The molecule has 1 aromatic carbocycles. The summed E-state index contributed by atoms with van der Waals surface area (Å²) in [6.07, 6.45) is 1.16. The van der Waals surface area contributed by atoms with Crippen molar-refractivity contribution < 1.29 is 26.5 Å². The average Bonchev–Trinajstić information content (AvgIpc) is 3.15.